The molecule has 0 atom stereocenters. The smallest absolute Gasteiger partial charge is 0.257 e. The standard InChI is InChI=1S/C20H15N5O2S2/c1-12-10-17(25(24-12)19-21-14-7-3-5-9-16(14)29-19)23-18(26)11-28-20-22-13-6-2-4-8-15(13)27-20/h2-10H,11H2,1H3,(H,23,26). The Morgan fingerprint density at radius 3 is 2.76 bits per heavy atom. The van der Waals surface area contributed by atoms with Crippen LogP contribution in [0.4, 0.5) is 5.82 Å². The van der Waals surface area contributed by atoms with E-state index in [9.17, 15) is 4.79 Å². The Morgan fingerprint density at radius 2 is 1.93 bits per heavy atom. The van der Waals surface area contributed by atoms with E-state index in [0.717, 1.165) is 21.4 Å². The molecule has 0 saturated heterocycles. The lowest BCUT2D eigenvalue weighted by Crippen LogP contribution is -2.16. The van der Waals surface area contributed by atoms with Crippen molar-refractivity contribution in [3.63, 3.8) is 0 Å². The summed E-state index contributed by atoms with van der Waals surface area (Å²) in [5.74, 6) is 0.598. The third kappa shape index (κ3) is 3.62. The van der Waals surface area contributed by atoms with Crippen LogP contribution in [-0.2, 0) is 4.79 Å². The zero-order chi connectivity index (χ0) is 19.8. The van der Waals surface area contributed by atoms with Crippen molar-refractivity contribution in [2.75, 3.05) is 11.1 Å². The largest absolute Gasteiger partial charge is 0.431 e. The summed E-state index contributed by atoms with van der Waals surface area (Å²) in [6.45, 7) is 1.88. The highest BCUT2D eigenvalue weighted by Gasteiger charge is 2.15. The number of hydrogen-bond acceptors (Lipinski definition) is 7. The number of nitrogens with zero attached hydrogens (tertiary/aromatic N) is 4. The third-order valence-corrected chi connectivity index (χ3v) is 6.00. The molecule has 3 aromatic heterocycles. The molecule has 2 aromatic carbocycles. The fourth-order valence-corrected chi connectivity index (χ4v) is 4.47. The molecule has 0 aliphatic carbocycles. The lowest BCUT2D eigenvalue weighted by molar-refractivity contribution is -0.113. The molecule has 0 spiro atoms. The van der Waals surface area contributed by atoms with Gasteiger partial charge in [-0.2, -0.15) is 9.78 Å². The number of thioether (sulfide) groups is 1. The SMILES string of the molecule is Cc1cc(NC(=O)CSc2nc3ccccc3o2)n(-c2nc3ccccc3s2)n1. The van der Waals surface area contributed by atoms with Gasteiger partial charge in [0.2, 0.25) is 11.0 Å². The number of benzene rings is 2. The Balaban J connectivity index is 1.33. The summed E-state index contributed by atoms with van der Waals surface area (Å²) >= 11 is 2.78. The molecule has 7 nitrogen and oxygen atoms in total. The van der Waals surface area contributed by atoms with Crippen molar-refractivity contribution in [3.8, 4) is 5.13 Å². The average molecular weight is 422 g/mol. The number of fused-ring (bicyclic) bond motifs is 2. The molecule has 29 heavy (non-hydrogen) atoms. The van der Waals surface area contributed by atoms with E-state index in [1.54, 1.807) is 4.68 Å². The van der Waals surface area contributed by atoms with Gasteiger partial charge in [0.25, 0.3) is 5.22 Å². The molecule has 0 aliphatic heterocycles. The minimum atomic E-state index is -0.167. The lowest BCUT2D eigenvalue weighted by atomic mass is 10.3. The lowest BCUT2D eigenvalue weighted by Gasteiger charge is -2.05. The van der Waals surface area contributed by atoms with E-state index in [4.69, 9.17) is 4.42 Å². The number of aryl methyl sites for hydroxylation is 1. The van der Waals surface area contributed by atoms with Crippen LogP contribution in [0, 0.1) is 6.92 Å². The van der Waals surface area contributed by atoms with Crippen LogP contribution in [0.15, 0.2) is 64.2 Å². The minimum Gasteiger partial charge on any atom is -0.431 e. The Kier molecular flexibility index (Phi) is 4.53. The quantitative estimate of drug-likeness (QED) is 0.415. The predicted octanol–water partition coefficient (Wildman–Crippen LogP) is 4.66. The Labute approximate surface area is 173 Å². The van der Waals surface area contributed by atoms with Crippen LogP contribution in [0.2, 0.25) is 0 Å². The molecular weight excluding hydrogens is 406 g/mol. The maximum atomic E-state index is 12.5. The third-order valence-electron chi connectivity index (χ3n) is 4.16. The fraction of sp³-hybridized carbons (Fsp3) is 0.100. The summed E-state index contributed by atoms with van der Waals surface area (Å²) in [4.78, 5) is 21.5. The molecule has 0 bridgehead atoms. The van der Waals surface area contributed by atoms with E-state index >= 15 is 0 Å². The van der Waals surface area contributed by atoms with Crippen molar-refractivity contribution < 1.29 is 9.21 Å². The van der Waals surface area contributed by atoms with Gasteiger partial charge in [-0.1, -0.05) is 47.4 Å². The van der Waals surface area contributed by atoms with Gasteiger partial charge in [0, 0.05) is 6.07 Å². The number of para-hydroxylation sites is 3. The molecule has 5 aromatic rings. The number of rotatable bonds is 5. The van der Waals surface area contributed by atoms with Gasteiger partial charge in [0.05, 0.1) is 21.7 Å². The van der Waals surface area contributed by atoms with E-state index in [0.29, 0.717) is 21.8 Å². The van der Waals surface area contributed by atoms with Crippen molar-refractivity contribution in [2.45, 2.75) is 12.1 Å². The number of carbonyl (C=O) groups excluding carboxylic acids is 1. The number of thiazole rings is 1. The summed E-state index contributed by atoms with van der Waals surface area (Å²) in [5, 5.41) is 8.58. The molecule has 144 valence electrons. The summed E-state index contributed by atoms with van der Waals surface area (Å²) < 4.78 is 8.38. The van der Waals surface area contributed by atoms with Crippen LogP contribution in [0.25, 0.3) is 26.4 Å². The van der Waals surface area contributed by atoms with Gasteiger partial charge >= 0.3 is 0 Å². The van der Waals surface area contributed by atoms with Gasteiger partial charge in [0.1, 0.15) is 11.3 Å². The number of oxazole rings is 1. The van der Waals surface area contributed by atoms with E-state index in [1.807, 2.05) is 61.5 Å². The Morgan fingerprint density at radius 1 is 1.14 bits per heavy atom. The van der Waals surface area contributed by atoms with Gasteiger partial charge < -0.3 is 9.73 Å². The van der Waals surface area contributed by atoms with Gasteiger partial charge in [-0.15, -0.1) is 0 Å². The van der Waals surface area contributed by atoms with Crippen LogP contribution in [0.5, 0.6) is 0 Å². The van der Waals surface area contributed by atoms with Crippen molar-refractivity contribution in [3.05, 3.63) is 60.3 Å². The zero-order valence-corrected chi connectivity index (χ0v) is 17.0. The molecule has 0 saturated carbocycles. The highest BCUT2D eigenvalue weighted by Crippen LogP contribution is 2.27. The number of aromatic nitrogens is 4. The molecule has 1 amide bonds. The first-order valence-electron chi connectivity index (χ1n) is 8.86. The highest BCUT2D eigenvalue weighted by molar-refractivity contribution is 7.99. The first kappa shape index (κ1) is 17.9. The second kappa shape index (κ2) is 7.34. The number of amides is 1. The normalized spacial score (nSPS) is 11.3. The number of carbonyl (C=O) groups is 1. The maximum Gasteiger partial charge on any atom is 0.257 e. The zero-order valence-electron chi connectivity index (χ0n) is 15.3. The number of nitrogens with one attached hydrogen (secondary N) is 1. The van der Waals surface area contributed by atoms with Gasteiger partial charge in [-0.05, 0) is 31.2 Å². The van der Waals surface area contributed by atoms with Crippen LogP contribution in [0.3, 0.4) is 0 Å². The molecule has 1 N–H and O–H groups in total. The molecule has 9 heteroatoms. The number of hydrogen-bond donors (Lipinski definition) is 1. The second-order valence-corrected chi connectivity index (χ2v) is 8.27. The minimum absolute atomic E-state index is 0.167. The molecule has 3 heterocycles. The van der Waals surface area contributed by atoms with E-state index < -0.39 is 0 Å². The monoisotopic (exact) mass is 421 g/mol. The summed E-state index contributed by atoms with van der Waals surface area (Å²) in [7, 11) is 0. The highest BCUT2D eigenvalue weighted by atomic mass is 32.2. The summed E-state index contributed by atoms with van der Waals surface area (Å²) in [5.41, 5.74) is 3.19. The maximum absolute atomic E-state index is 12.5. The molecule has 5 rings (SSSR count). The van der Waals surface area contributed by atoms with E-state index in [2.05, 4.69) is 20.4 Å². The summed E-state index contributed by atoms with van der Waals surface area (Å²) in [6.07, 6.45) is 0. The van der Waals surface area contributed by atoms with Crippen LogP contribution in [0.1, 0.15) is 5.69 Å². The van der Waals surface area contributed by atoms with Gasteiger partial charge in [-0.3, -0.25) is 4.79 Å². The van der Waals surface area contributed by atoms with Gasteiger partial charge in [-0.25, -0.2) is 9.97 Å². The van der Waals surface area contributed by atoms with Crippen molar-refractivity contribution in [1.29, 1.82) is 0 Å². The van der Waals surface area contributed by atoms with Crippen molar-refractivity contribution in [1.82, 2.24) is 19.7 Å². The van der Waals surface area contributed by atoms with Crippen LogP contribution >= 0.6 is 23.1 Å². The Bertz CT molecular complexity index is 1270. The molecule has 0 aliphatic rings. The van der Waals surface area contributed by atoms with E-state index in [1.165, 1.54) is 23.1 Å². The average Bonchev–Trinajstić information content (AvgIpc) is 3.41. The van der Waals surface area contributed by atoms with E-state index in [-0.39, 0.29) is 11.7 Å². The van der Waals surface area contributed by atoms with Gasteiger partial charge in [0.15, 0.2) is 5.58 Å². The molecule has 0 unspecified atom stereocenters. The van der Waals surface area contributed by atoms with Crippen LogP contribution in [-0.4, -0.2) is 31.4 Å². The summed E-state index contributed by atoms with van der Waals surface area (Å²) in [6, 6.07) is 17.2. The van der Waals surface area contributed by atoms with Crippen molar-refractivity contribution in [2.24, 2.45) is 0 Å². The first-order chi connectivity index (χ1) is 14.2. The Hall–Kier alpha value is -3.17. The molecule has 0 fully saturated rings. The van der Waals surface area contributed by atoms with Crippen LogP contribution < -0.4 is 5.32 Å². The number of anilines is 1. The molecule has 0 radical (unpaired) electrons. The molecular formula is C20H15N5O2S2. The first-order valence-corrected chi connectivity index (χ1v) is 10.7. The topological polar surface area (TPSA) is 85.8 Å². The fourth-order valence-electron chi connectivity index (χ4n) is 2.90. The second-order valence-electron chi connectivity index (χ2n) is 6.33. The van der Waals surface area contributed by atoms with Crippen molar-refractivity contribution >= 4 is 56.1 Å². The predicted molar refractivity (Wildman–Crippen MR) is 115 cm³/mol.